The van der Waals surface area contributed by atoms with Crippen LogP contribution in [0.1, 0.15) is 24.5 Å². The Bertz CT molecular complexity index is 864. The van der Waals surface area contributed by atoms with Crippen molar-refractivity contribution in [3.63, 3.8) is 0 Å². The number of ether oxygens (including phenoxy) is 4. The zero-order valence-corrected chi connectivity index (χ0v) is 17.4. The maximum absolute atomic E-state index is 12.4. The smallest absolute Gasteiger partial charge is 0.310 e. The van der Waals surface area contributed by atoms with Crippen LogP contribution >= 0.6 is 0 Å². The molecule has 0 spiro atoms. The van der Waals surface area contributed by atoms with E-state index in [1.165, 1.54) is 21.1 Å². The lowest BCUT2D eigenvalue weighted by Gasteiger charge is -2.16. The number of carbonyl (C=O) groups is 2. The quantitative estimate of drug-likeness (QED) is 0.646. The molecule has 0 saturated heterocycles. The van der Waals surface area contributed by atoms with Crippen LogP contribution in [0.3, 0.4) is 0 Å². The van der Waals surface area contributed by atoms with Gasteiger partial charge < -0.3 is 24.3 Å². The molecule has 2 aromatic carbocycles. The molecule has 29 heavy (non-hydrogen) atoms. The Morgan fingerprint density at radius 3 is 2.45 bits per heavy atom. The summed E-state index contributed by atoms with van der Waals surface area (Å²) in [5, 5.41) is 2.68. The summed E-state index contributed by atoms with van der Waals surface area (Å²) < 4.78 is 21.2. The molecule has 0 aliphatic carbocycles. The molecular weight excluding hydrogens is 374 g/mol. The lowest BCUT2D eigenvalue weighted by atomic mass is 10.1. The maximum Gasteiger partial charge on any atom is 0.310 e. The van der Waals surface area contributed by atoms with Gasteiger partial charge in [-0.25, -0.2) is 0 Å². The fraction of sp³-hybridized carbons (Fsp3) is 0.364. The molecule has 2 aromatic rings. The van der Waals surface area contributed by atoms with Crippen LogP contribution in [0.5, 0.6) is 17.2 Å². The van der Waals surface area contributed by atoms with Crippen LogP contribution in [0.2, 0.25) is 0 Å². The number of carbonyl (C=O) groups excluding carboxylic acids is 2. The van der Waals surface area contributed by atoms with E-state index in [2.05, 4.69) is 5.32 Å². The van der Waals surface area contributed by atoms with Gasteiger partial charge in [-0.05, 0) is 50.1 Å². The van der Waals surface area contributed by atoms with Crippen LogP contribution in [0.25, 0.3) is 0 Å². The van der Waals surface area contributed by atoms with Gasteiger partial charge in [0.2, 0.25) is 0 Å². The third kappa shape index (κ3) is 6.41. The van der Waals surface area contributed by atoms with Crippen molar-refractivity contribution in [3.8, 4) is 17.2 Å². The van der Waals surface area contributed by atoms with Gasteiger partial charge >= 0.3 is 5.97 Å². The van der Waals surface area contributed by atoms with Crippen molar-refractivity contribution in [1.82, 2.24) is 0 Å². The van der Waals surface area contributed by atoms with Crippen LogP contribution in [0, 0.1) is 13.8 Å². The number of benzene rings is 2. The number of rotatable bonds is 9. The van der Waals surface area contributed by atoms with E-state index in [4.69, 9.17) is 18.9 Å². The minimum Gasteiger partial charge on any atom is -0.497 e. The van der Waals surface area contributed by atoms with Gasteiger partial charge in [0.05, 0.1) is 32.9 Å². The van der Waals surface area contributed by atoms with E-state index < -0.39 is 18.0 Å². The van der Waals surface area contributed by atoms with Crippen molar-refractivity contribution in [1.29, 1.82) is 0 Å². The summed E-state index contributed by atoms with van der Waals surface area (Å²) in [5.41, 5.74) is 2.49. The summed E-state index contributed by atoms with van der Waals surface area (Å²) in [6, 6.07) is 10.9. The van der Waals surface area contributed by atoms with Gasteiger partial charge in [-0.3, -0.25) is 9.59 Å². The Hall–Kier alpha value is -3.22. The number of aryl methyl sites for hydroxylation is 2. The fourth-order valence-corrected chi connectivity index (χ4v) is 2.56. The standard InChI is InChI=1S/C22H27NO6/c1-14-6-7-15(2)20(12-14)28-11-10-21(24)29-16(3)22(25)23-18-13-17(26-4)8-9-19(18)27-5/h6-9,12-13,16H,10-11H2,1-5H3,(H,23,25). The number of hydrogen-bond acceptors (Lipinski definition) is 6. The molecule has 1 unspecified atom stereocenters. The lowest BCUT2D eigenvalue weighted by molar-refractivity contribution is -0.153. The Morgan fingerprint density at radius 1 is 1.00 bits per heavy atom. The van der Waals surface area contributed by atoms with Crippen molar-refractivity contribution in [2.75, 3.05) is 26.1 Å². The number of esters is 1. The zero-order valence-electron chi connectivity index (χ0n) is 17.4. The Kier molecular flexibility index (Phi) is 7.88. The molecule has 0 radical (unpaired) electrons. The third-order valence-electron chi connectivity index (χ3n) is 4.25. The van der Waals surface area contributed by atoms with Crippen LogP contribution in [0.4, 0.5) is 5.69 Å². The summed E-state index contributed by atoms with van der Waals surface area (Å²) in [6.45, 7) is 5.58. The number of anilines is 1. The number of amides is 1. The summed E-state index contributed by atoms with van der Waals surface area (Å²) in [4.78, 5) is 24.4. The molecule has 0 fully saturated rings. The molecule has 2 rings (SSSR count). The molecule has 0 bridgehead atoms. The summed E-state index contributed by atoms with van der Waals surface area (Å²) in [6.07, 6.45) is -0.938. The molecule has 1 amide bonds. The molecule has 7 heteroatoms. The van der Waals surface area contributed by atoms with Gasteiger partial charge in [0.15, 0.2) is 6.10 Å². The average Bonchev–Trinajstić information content (AvgIpc) is 2.70. The molecule has 1 N–H and O–H groups in total. The van der Waals surface area contributed by atoms with E-state index >= 15 is 0 Å². The van der Waals surface area contributed by atoms with Crippen LogP contribution in [0.15, 0.2) is 36.4 Å². The predicted octanol–water partition coefficient (Wildman–Crippen LogP) is 3.66. The van der Waals surface area contributed by atoms with Crippen LogP contribution < -0.4 is 19.5 Å². The highest BCUT2D eigenvalue weighted by atomic mass is 16.6. The highest BCUT2D eigenvalue weighted by Crippen LogP contribution is 2.29. The van der Waals surface area contributed by atoms with E-state index in [0.717, 1.165) is 16.9 Å². The second-order valence-corrected chi connectivity index (χ2v) is 6.55. The summed E-state index contributed by atoms with van der Waals surface area (Å²) in [5.74, 6) is 0.776. The molecule has 0 saturated carbocycles. The van der Waals surface area contributed by atoms with Gasteiger partial charge in [0.25, 0.3) is 5.91 Å². The van der Waals surface area contributed by atoms with Gasteiger partial charge in [0, 0.05) is 6.07 Å². The molecule has 7 nitrogen and oxygen atoms in total. The zero-order chi connectivity index (χ0) is 21.4. The van der Waals surface area contributed by atoms with E-state index in [9.17, 15) is 9.59 Å². The number of hydrogen-bond donors (Lipinski definition) is 1. The monoisotopic (exact) mass is 401 g/mol. The maximum atomic E-state index is 12.4. The third-order valence-corrected chi connectivity index (χ3v) is 4.25. The second kappa shape index (κ2) is 10.4. The SMILES string of the molecule is COc1ccc(OC)c(NC(=O)C(C)OC(=O)CCOc2cc(C)ccc2C)c1. The van der Waals surface area contributed by atoms with Gasteiger partial charge in [0.1, 0.15) is 17.2 Å². The van der Waals surface area contributed by atoms with Crippen molar-refractivity contribution in [3.05, 3.63) is 47.5 Å². The van der Waals surface area contributed by atoms with Crippen molar-refractivity contribution >= 4 is 17.6 Å². The van der Waals surface area contributed by atoms with Crippen LogP contribution in [-0.4, -0.2) is 38.8 Å². The van der Waals surface area contributed by atoms with E-state index in [-0.39, 0.29) is 13.0 Å². The number of methoxy groups -OCH3 is 2. The molecule has 0 aliphatic rings. The molecule has 0 aromatic heterocycles. The Balaban J connectivity index is 1.86. The Labute approximate surface area is 170 Å². The van der Waals surface area contributed by atoms with Crippen molar-refractivity contribution in [2.45, 2.75) is 33.3 Å². The van der Waals surface area contributed by atoms with Gasteiger partial charge in [-0.2, -0.15) is 0 Å². The highest BCUT2D eigenvalue weighted by Gasteiger charge is 2.19. The minimum absolute atomic E-state index is 0.0352. The molecular formula is C22H27NO6. The van der Waals surface area contributed by atoms with Gasteiger partial charge in [-0.15, -0.1) is 0 Å². The fourth-order valence-electron chi connectivity index (χ4n) is 2.56. The van der Waals surface area contributed by atoms with Crippen molar-refractivity contribution < 1.29 is 28.5 Å². The molecule has 0 heterocycles. The van der Waals surface area contributed by atoms with Crippen molar-refractivity contribution in [2.24, 2.45) is 0 Å². The lowest BCUT2D eigenvalue weighted by Crippen LogP contribution is -2.30. The first-order valence-electron chi connectivity index (χ1n) is 9.26. The first kappa shape index (κ1) is 22.1. The largest absolute Gasteiger partial charge is 0.497 e. The molecule has 156 valence electrons. The Morgan fingerprint density at radius 2 is 1.76 bits per heavy atom. The molecule has 1 atom stereocenters. The first-order valence-corrected chi connectivity index (χ1v) is 9.26. The highest BCUT2D eigenvalue weighted by molar-refractivity contribution is 5.96. The van der Waals surface area contributed by atoms with E-state index in [1.807, 2.05) is 32.0 Å². The predicted molar refractivity (Wildman–Crippen MR) is 110 cm³/mol. The van der Waals surface area contributed by atoms with Gasteiger partial charge in [-0.1, -0.05) is 12.1 Å². The summed E-state index contributed by atoms with van der Waals surface area (Å²) in [7, 11) is 3.02. The molecule has 0 aliphatic heterocycles. The summed E-state index contributed by atoms with van der Waals surface area (Å²) >= 11 is 0. The van der Waals surface area contributed by atoms with Crippen LogP contribution in [-0.2, 0) is 14.3 Å². The normalized spacial score (nSPS) is 11.3. The van der Waals surface area contributed by atoms with E-state index in [0.29, 0.717) is 17.2 Å². The minimum atomic E-state index is -0.973. The average molecular weight is 401 g/mol. The second-order valence-electron chi connectivity index (χ2n) is 6.55. The van der Waals surface area contributed by atoms with E-state index in [1.54, 1.807) is 18.2 Å². The number of nitrogens with one attached hydrogen (secondary N) is 1. The topological polar surface area (TPSA) is 83.1 Å². The first-order chi connectivity index (χ1) is 13.8.